The quantitative estimate of drug-likeness (QED) is 0.600. The van der Waals surface area contributed by atoms with Crippen LogP contribution in [0.4, 0.5) is 10.5 Å². The van der Waals surface area contributed by atoms with Crippen LogP contribution in [0.25, 0.3) is 10.9 Å². The summed E-state index contributed by atoms with van der Waals surface area (Å²) in [4.78, 5) is 14.6. The van der Waals surface area contributed by atoms with Gasteiger partial charge < -0.3 is 19.9 Å². The molecule has 1 saturated heterocycles. The molecule has 7 heteroatoms. The van der Waals surface area contributed by atoms with Crippen molar-refractivity contribution >= 4 is 34.2 Å². The molecular weight excluding hydrogens is 400 g/mol. The zero-order valence-corrected chi connectivity index (χ0v) is 17.7. The largest absolute Gasteiger partial charge is 0.379 e. The van der Waals surface area contributed by atoms with Gasteiger partial charge in [0.1, 0.15) is 0 Å². The lowest BCUT2D eigenvalue weighted by Gasteiger charge is -2.26. The monoisotopic (exact) mass is 426 g/mol. The zero-order chi connectivity index (χ0) is 20.8. The number of hydrogen-bond acceptors (Lipinski definition) is 3. The summed E-state index contributed by atoms with van der Waals surface area (Å²) in [6, 6.07) is 15.6. The van der Waals surface area contributed by atoms with Crippen molar-refractivity contribution in [3.63, 3.8) is 0 Å². The number of carbonyl (C=O) groups is 1. The molecule has 1 aromatic heterocycles. The Labute approximate surface area is 181 Å². The molecule has 2 amide bonds. The number of ether oxygens (including phenoxy) is 1. The molecule has 1 aliphatic heterocycles. The highest BCUT2D eigenvalue weighted by molar-refractivity contribution is 6.30. The van der Waals surface area contributed by atoms with Crippen molar-refractivity contribution in [3.05, 3.63) is 65.3 Å². The maximum atomic E-state index is 12.2. The molecule has 0 aliphatic carbocycles. The molecule has 158 valence electrons. The van der Waals surface area contributed by atoms with E-state index in [1.165, 1.54) is 5.52 Å². The Morgan fingerprint density at radius 3 is 2.77 bits per heavy atom. The first kappa shape index (κ1) is 20.7. The van der Waals surface area contributed by atoms with E-state index in [0.29, 0.717) is 11.6 Å². The summed E-state index contributed by atoms with van der Waals surface area (Å²) >= 11 is 5.99. The molecule has 0 atom stereocenters. The third kappa shape index (κ3) is 5.53. The highest BCUT2D eigenvalue weighted by Crippen LogP contribution is 2.21. The lowest BCUT2D eigenvalue weighted by Crippen LogP contribution is -2.38. The highest BCUT2D eigenvalue weighted by Gasteiger charge is 2.11. The Hall–Kier alpha value is -2.54. The van der Waals surface area contributed by atoms with Crippen molar-refractivity contribution in [1.82, 2.24) is 14.8 Å². The Morgan fingerprint density at radius 2 is 1.93 bits per heavy atom. The minimum absolute atomic E-state index is 0.205. The number of amides is 2. The lowest BCUT2D eigenvalue weighted by atomic mass is 10.1. The lowest BCUT2D eigenvalue weighted by molar-refractivity contribution is 0.0365. The van der Waals surface area contributed by atoms with E-state index in [9.17, 15) is 4.79 Å². The molecule has 2 heterocycles. The highest BCUT2D eigenvalue weighted by atomic mass is 35.5. The van der Waals surface area contributed by atoms with Crippen molar-refractivity contribution in [2.24, 2.45) is 0 Å². The van der Waals surface area contributed by atoms with Gasteiger partial charge in [-0.15, -0.1) is 0 Å². The summed E-state index contributed by atoms with van der Waals surface area (Å²) < 4.78 is 7.67. The van der Waals surface area contributed by atoms with Crippen LogP contribution >= 0.6 is 11.6 Å². The summed E-state index contributed by atoms with van der Waals surface area (Å²) in [5.41, 5.74) is 3.06. The number of urea groups is 1. The first-order chi connectivity index (χ1) is 14.7. The predicted octanol–water partition coefficient (Wildman–Crippen LogP) is 3.99. The second kappa shape index (κ2) is 9.98. The Balaban J connectivity index is 1.28. The summed E-state index contributed by atoms with van der Waals surface area (Å²) in [6.07, 6.45) is 2.85. The average molecular weight is 427 g/mol. The number of nitrogens with one attached hydrogen (secondary N) is 2. The van der Waals surface area contributed by atoms with Crippen molar-refractivity contribution in [2.45, 2.75) is 13.0 Å². The van der Waals surface area contributed by atoms with Crippen LogP contribution in [0.3, 0.4) is 0 Å². The summed E-state index contributed by atoms with van der Waals surface area (Å²) in [5, 5.41) is 7.64. The maximum absolute atomic E-state index is 12.2. The summed E-state index contributed by atoms with van der Waals surface area (Å²) in [6.45, 7) is 6.15. The Bertz CT molecular complexity index is 998. The molecule has 0 spiro atoms. The van der Waals surface area contributed by atoms with Crippen molar-refractivity contribution in [3.8, 4) is 0 Å². The molecule has 1 aliphatic rings. The smallest absolute Gasteiger partial charge is 0.319 e. The fourth-order valence-electron chi connectivity index (χ4n) is 3.73. The van der Waals surface area contributed by atoms with Crippen LogP contribution in [0.2, 0.25) is 5.02 Å². The van der Waals surface area contributed by atoms with E-state index in [-0.39, 0.29) is 6.03 Å². The predicted molar refractivity (Wildman–Crippen MR) is 121 cm³/mol. The number of benzene rings is 2. The number of hydrogen-bond donors (Lipinski definition) is 2. The van der Waals surface area contributed by atoms with Crippen molar-refractivity contribution in [2.75, 3.05) is 44.7 Å². The number of morpholine rings is 1. The van der Waals surface area contributed by atoms with E-state index >= 15 is 0 Å². The first-order valence-corrected chi connectivity index (χ1v) is 10.7. The van der Waals surface area contributed by atoms with Crippen LogP contribution in [0.5, 0.6) is 0 Å². The number of halogens is 1. The second-order valence-electron chi connectivity index (χ2n) is 7.50. The Kier molecular flexibility index (Phi) is 6.89. The van der Waals surface area contributed by atoms with Gasteiger partial charge in [0.15, 0.2) is 0 Å². The van der Waals surface area contributed by atoms with E-state index in [0.717, 1.165) is 62.5 Å². The fraction of sp³-hybridized carbons (Fsp3) is 0.348. The molecular formula is C23H27ClN4O2. The zero-order valence-electron chi connectivity index (χ0n) is 16.9. The molecule has 0 radical (unpaired) electrons. The summed E-state index contributed by atoms with van der Waals surface area (Å²) in [7, 11) is 0. The normalized spacial score (nSPS) is 14.7. The van der Waals surface area contributed by atoms with Crippen molar-refractivity contribution in [1.29, 1.82) is 0 Å². The van der Waals surface area contributed by atoms with Crippen LogP contribution in [0.15, 0.2) is 54.7 Å². The standard InChI is InChI=1S/C23H27ClN4O2/c24-20-3-1-2-18(16-20)6-8-25-23(29)26-21-4-5-22-19(17-21)7-9-28(22)11-10-27-12-14-30-15-13-27/h1-5,7,9,16-17H,6,8,10-15H2,(H2,25,26,29). The van der Waals surface area contributed by atoms with Gasteiger partial charge in [-0.3, -0.25) is 4.90 Å². The third-order valence-corrected chi connectivity index (χ3v) is 5.61. The van der Waals surface area contributed by atoms with Crippen LogP contribution in [0, 0.1) is 0 Å². The van der Waals surface area contributed by atoms with E-state index < -0.39 is 0 Å². The first-order valence-electron chi connectivity index (χ1n) is 10.4. The molecule has 4 rings (SSSR count). The van der Waals surface area contributed by atoms with E-state index in [4.69, 9.17) is 16.3 Å². The topological polar surface area (TPSA) is 58.5 Å². The van der Waals surface area contributed by atoms with Gasteiger partial charge in [-0.2, -0.15) is 0 Å². The minimum Gasteiger partial charge on any atom is -0.379 e. The van der Waals surface area contributed by atoms with Gasteiger partial charge in [0.05, 0.1) is 13.2 Å². The number of fused-ring (bicyclic) bond motifs is 1. The minimum atomic E-state index is -0.205. The average Bonchev–Trinajstić information content (AvgIpc) is 3.15. The molecule has 30 heavy (non-hydrogen) atoms. The molecule has 6 nitrogen and oxygen atoms in total. The molecule has 0 bridgehead atoms. The van der Waals surface area contributed by atoms with Crippen LogP contribution in [-0.2, 0) is 17.7 Å². The number of carbonyl (C=O) groups excluding carboxylic acids is 1. The van der Waals surface area contributed by atoms with Crippen LogP contribution in [0.1, 0.15) is 5.56 Å². The molecule has 2 N–H and O–H groups in total. The van der Waals surface area contributed by atoms with Gasteiger partial charge in [0, 0.05) is 60.5 Å². The van der Waals surface area contributed by atoms with Crippen LogP contribution < -0.4 is 10.6 Å². The van der Waals surface area contributed by atoms with Crippen LogP contribution in [-0.4, -0.2) is 54.9 Å². The molecule has 1 fully saturated rings. The van der Waals surface area contributed by atoms with E-state index in [1.807, 2.05) is 36.4 Å². The molecule has 3 aromatic rings. The maximum Gasteiger partial charge on any atom is 0.319 e. The summed E-state index contributed by atoms with van der Waals surface area (Å²) in [5.74, 6) is 0. The SMILES string of the molecule is O=C(NCCc1cccc(Cl)c1)Nc1ccc2c(ccn2CCN2CCOCC2)c1. The fourth-order valence-corrected chi connectivity index (χ4v) is 3.95. The number of nitrogens with zero attached hydrogens (tertiary/aromatic N) is 2. The number of anilines is 1. The number of rotatable bonds is 7. The molecule has 0 saturated carbocycles. The van der Waals surface area contributed by atoms with Gasteiger partial charge in [-0.1, -0.05) is 23.7 Å². The van der Waals surface area contributed by atoms with E-state index in [2.05, 4.69) is 38.4 Å². The molecule has 2 aromatic carbocycles. The number of aromatic nitrogens is 1. The second-order valence-corrected chi connectivity index (χ2v) is 7.93. The van der Waals surface area contributed by atoms with E-state index in [1.54, 1.807) is 0 Å². The Morgan fingerprint density at radius 1 is 1.07 bits per heavy atom. The van der Waals surface area contributed by atoms with Gasteiger partial charge >= 0.3 is 6.03 Å². The van der Waals surface area contributed by atoms with Crippen molar-refractivity contribution < 1.29 is 9.53 Å². The van der Waals surface area contributed by atoms with Gasteiger partial charge in [0.25, 0.3) is 0 Å². The molecule has 0 unspecified atom stereocenters. The van der Waals surface area contributed by atoms with Gasteiger partial charge in [-0.05, 0) is 48.4 Å². The van der Waals surface area contributed by atoms with Gasteiger partial charge in [-0.25, -0.2) is 4.79 Å². The third-order valence-electron chi connectivity index (χ3n) is 5.38. The van der Waals surface area contributed by atoms with Gasteiger partial charge in [0.2, 0.25) is 0 Å².